The molecule has 0 bridgehead atoms. The van der Waals surface area contributed by atoms with E-state index < -0.39 is 0 Å². The fraction of sp³-hybridized carbons (Fsp3) is 0.308. The lowest BCUT2D eigenvalue weighted by molar-refractivity contribution is 0.0951. The molecule has 0 atom stereocenters. The van der Waals surface area contributed by atoms with Crippen LogP contribution < -0.4 is 10.6 Å². The minimum absolute atomic E-state index is 0.140. The number of nitrogens with one attached hydrogen (secondary N) is 2. The fourth-order valence-corrected chi connectivity index (χ4v) is 2.22. The van der Waals surface area contributed by atoms with Gasteiger partial charge in [-0.2, -0.15) is 0 Å². The van der Waals surface area contributed by atoms with Crippen molar-refractivity contribution in [2.75, 3.05) is 11.9 Å². The van der Waals surface area contributed by atoms with E-state index >= 15 is 0 Å². The highest BCUT2D eigenvalue weighted by atomic mass is 32.1. The molecule has 0 aliphatic heterocycles. The van der Waals surface area contributed by atoms with E-state index in [9.17, 15) is 4.79 Å². The summed E-state index contributed by atoms with van der Waals surface area (Å²) in [5, 5.41) is 8.80. The zero-order valence-corrected chi connectivity index (χ0v) is 11.8. The summed E-state index contributed by atoms with van der Waals surface area (Å²) in [5.74, 6) is -0.140. The second-order valence-corrected chi connectivity index (χ2v) is 4.99. The Hall–Kier alpha value is -1.95. The Bertz CT molecular complexity index is 554. The van der Waals surface area contributed by atoms with Gasteiger partial charge in [-0.15, -0.1) is 11.3 Å². The third-order valence-corrected chi connectivity index (χ3v) is 3.32. The summed E-state index contributed by atoms with van der Waals surface area (Å²) >= 11 is 1.52. The molecule has 2 heterocycles. The summed E-state index contributed by atoms with van der Waals surface area (Å²) in [6.07, 6.45) is 3.33. The predicted molar refractivity (Wildman–Crippen MR) is 76.4 cm³/mol. The maximum Gasteiger partial charge on any atom is 0.255 e. The third kappa shape index (κ3) is 3.51. The number of amides is 1. The first kappa shape index (κ1) is 13.5. The van der Waals surface area contributed by atoms with Crippen molar-refractivity contribution >= 4 is 22.9 Å². The summed E-state index contributed by atoms with van der Waals surface area (Å²) in [4.78, 5) is 20.4. The van der Waals surface area contributed by atoms with E-state index in [1.807, 2.05) is 25.3 Å². The van der Waals surface area contributed by atoms with Gasteiger partial charge in [0.25, 0.3) is 5.91 Å². The zero-order valence-electron chi connectivity index (χ0n) is 10.9. The Morgan fingerprint density at radius 1 is 1.42 bits per heavy atom. The number of hydrogen-bond acceptors (Lipinski definition) is 5. The molecule has 1 amide bonds. The highest BCUT2D eigenvalue weighted by Gasteiger charge is 2.12. The second kappa shape index (κ2) is 6.29. The van der Waals surface area contributed by atoms with Gasteiger partial charge in [0.05, 0.1) is 17.8 Å². The maximum atomic E-state index is 12.1. The molecule has 0 fully saturated rings. The topological polar surface area (TPSA) is 66.9 Å². The van der Waals surface area contributed by atoms with Crippen LogP contribution in [0.15, 0.2) is 23.8 Å². The number of carbonyl (C=O) groups excluding carboxylic acids is 1. The van der Waals surface area contributed by atoms with Crippen molar-refractivity contribution in [2.45, 2.75) is 20.4 Å². The number of aryl methyl sites for hydroxylation is 1. The van der Waals surface area contributed by atoms with E-state index in [0.717, 1.165) is 22.9 Å². The highest BCUT2D eigenvalue weighted by molar-refractivity contribution is 7.09. The van der Waals surface area contributed by atoms with E-state index in [0.29, 0.717) is 12.1 Å². The first-order valence-electron chi connectivity index (χ1n) is 6.07. The summed E-state index contributed by atoms with van der Waals surface area (Å²) in [5.41, 5.74) is 2.25. The molecule has 0 radical (unpaired) electrons. The maximum absolute atomic E-state index is 12.1. The van der Waals surface area contributed by atoms with Crippen LogP contribution in [0.2, 0.25) is 0 Å². The average Bonchev–Trinajstić information content (AvgIpc) is 2.90. The van der Waals surface area contributed by atoms with E-state index in [2.05, 4.69) is 20.6 Å². The molecular weight excluding hydrogens is 260 g/mol. The van der Waals surface area contributed by atoms with Gasteiger partial charge in [0.2, 0.25) is 0 Å². The predicted octanol–water partition coefficient (Wildman–Crippen LogP) is 2.21. The molecule has 0 aliphatic rings. The van der Waals surface area contributed by atoms with Gasteiger partial charge in [-0.05, 0) is 19.9 Å². The number of nitrogens with zero attached hydrogens (tertiary/aromatic N) is 2. The number of hydrogen-bond donors (Lipinski definition) is 2. The van der Waals surface area contributed by atoms with Crippen molar-refractivity contribution in [1.82, 2.24) is 15.3 Å². The molecule has 0 spiro atoms. The quantitative estimate of drug-likeness (QED) is 0.878. The molecule has 2 N–H and O–H groups in total. The first-order valence-corrected chi connectivity index (χ1v) is 6.95. The average molecular weight is 276 g/mol. The van der Waals surface area contributed by atoms with Gasteiger partial charge in [-0.3, -0.25) is 9.78 Å². The number of thiazole rings is 1. The van der Waals surface area contributed by atoms with Crippen molar-refractivity contribution in [2.24, 2.45) is 0 Å². The number of carbonyl (C=O) groups is 1. The van der Waals surface area contributed by atoms with Crippen LogP contribution in [-0.2, 0) is 6.54 Å². The number of aromatic nitrogens is 2. The third-order valence-electron chi connectivity index (χ3n) is 2.54. The molecule has 6 heteroatoms. The van der Waals surface area contributed by atoms with Gasteiger partial charge in [0.1, 0.15) is 5.01 Å². The molecule has 2 aromatic heterocycles. The molecule has 0 aliphatic carbocycles. The standard InChI is InChI=1S/C13H16N4OS/c1-3-14-11-6-9(2)16-7-10(11)13(18)17-8-12-15-4-5-19-12/h4-7H,3,8H2,1-2H3,(H,14,16)(H,17,18). The Balaban J connectivity index is 2.09. The highest BCUT2D eigenvalue weighted by Crippen LogP contribution is 2.15. The molecule has 0 saturated heterocycles. The van der Waals surface area contributed by atoms with Crippen molar-refractivity contribution in [3.8, 4) is 0 Å². The van der Waals surface area contributed by atoms with Gasteiger partial charge in [0, 0.05) is 30.0 Å². The van der Waals surface area contributed by atoms with E-state index in [1.165, 1.54) is 11.3 Å². The van der Waals surface area contributed by atoms with Crippen LogP contribution in [0.4, 0.5) is 5.69 Å². The number of pyridine rings is 1. The molecular formula is C13H16N4OS. The van der Waals surface area contributed by atoms with Crippen LogP contribution >= 0.6 is 11.3 Å². The first-order chi connectivity index (χ1) is 9.20. The van der Waals surface area contributed by atoms with E-state index in [4.69, 9.17) is 0 Å². The van der Waals surface area contributed by atoms with Crippen molar-refractivity contribution < 1.29 is 4.79 Å². The Labute approximate surface area is 116 Å². The Morgan fingerprint density at radius 2 is 2.26 bits per heavy atom. The number of rotatable bonds is 5. The second-order valence-electron chi connectivity index (χ2n) is 4.01. The van der Waals surface area contributed by atoms with Crippen LogP contribution in [0.3, 0.4) is 0 Å². The Morgan fingerprint density at radius 3 is 2.95 bits per heavy atom. The summed E-state index contributed by atoms with van der Waals surface area (Å²) in [7, 11) is 0. The van der Waals surface area contributed by atoms with Crippen molar-refractivity contribution in [3.63, 3.8) is 0 Å². The van der Waals surface area contributed by atoms with E-state index in [1.54, 1.807) is 12.4 Å². The van der Waals surface area contributed by atoms with Crippen molar-refractivity contribution in [3.05, 3.63) is 40.1 Å². The van der Waals surface area contributed by atoms with Gasteiger partial charge in [-0.25, -0.2) is 4.98 Å². The van der Waals surface area contributed by atoms with Crippen LogP contribution in [0.25, 0.3) is 0 Å². The lowest BCUT2D eigenvalue weighted by Gasteiger charge is -2.11. The molecule has 0 aromatic carbocycles. The number of anilines is 1. The lowest BCUT2D eigenvalue weighted by atomic mass is 10.2. The molecule has 100 valence electrons. The van der Waals surface area contributed by atoms with Crippen LogP contribution in [0.5, 0.6) is 0 Å². The van der Waals surface area contributed by atoms with Gasteiger partial charge >= 0.3 is 0 Å². The summed E-state index contributed by atoms with van der Waals surface area (Å²) < 4.78 is 0. The van der Waals surface area contributed by atoms with Gasteiger partial charge in [0.15, 0.2) is 0 Å². The van der Waals surface area contributed by atoms with E-state index in [-0.39, 0.29) is 5.91 Å². The lowest BCUT2D eigenvalue weighted by Crippen LogP contribution is -2.24. The van der Waals surface area contributed by atoms with Gasteiger partial charge < -0.3 is 10.6 Å². The molecule has 0 saturated carbocycles. The van der Waals surface area contributed by atoms with Gasteiger partial charge in [-0.1, -0.05) is 0 Å². The zero-order chi connectivity index (χ0) is 13.7. The minimum atomic E-state index is -0.140. The smallest absolute Gasteiger partial charge is 0.255 e. The van der Waals surface area contributed by atoms with Crippen LogP contribution in [0, 0.1) is 6.92 Å². The molecule has 5 nitrogen and oxygen atoms in total. The minimum Gasteiger partial charge on any atom is -0.385 e. The molecule has 19 heavy (non-hydrogen) atoms. The molecule has 0 unspecified atom stereocenters. The summed E-state index contributed by atoms with van der Waals surface area (Å²) in [6.45, 7) is 5.09. The largest absolute Gasteiger partial charge is 0.385 e. The molecule has 2 aromatic rings. The summed E-state index contributed by atoms with van der Waals surface area (Å²) in [6, 6.07) is 1.88. The monoisotopic (exact) mass is 276 g/mol. The van der Waals surface area contributed by atoms with Crippen LogP contribution in [0.1, 0.15) is 28.0 Å². The van der Waals surface area contributed by atoms with Crippen molar-refractivity contribution in [1.29, 1.82) is 0 Å². The Kier molecular flexibility index (Phi) is 4.46. The molecule has 2 rings (SSSR count). The normalized spacial score (nSPS) is 10.2. The SMILES string of the molecule is CCNc1cc(C)ncc1C(=O)NCc1nccs1. The fourth-order valence-electron chi connectivity index (χ4n) is 1.67. The van der Waals surface area contributed by atoms with Crippen LogP contribution in [-0.4, -0.2) is 22.4 Å².